The molecule has 0 rings (SSSR count). The summed E-state index contributed by atoms with van der Waals surface area (Å²) in [6.45, 7) is 4.19. The first kappa shape index (κ1) is 12.2. The largest absolute Gasteiger partial charge is 0.0880 e. The predicted octanol–water partition coefficient (Wildman–Crippen LogP) is 4.23. The van der Waals surface area contributed by atoms with Crippen LogP contribution in [0.15, 0.2) is 35.5 Å². The normalized spacial score (nSPS) is 14.3. The standard InChI is InChI=1S/C10H14Br2/c1-9(7-11)5-3-4-6-10(2)8-12/h3-6H,7-8H2,1-2H3. The Labute approximate surface area is 91.7 Å². The molecule has 0 fully saturated rings. The monoisotopic (exact) mass is 292 g/mol. The smallest absolute Gasteiger partial charge is 0.0242 e. The molecular weight excluding hydrogens is 280 g/mol. The molecule has 2 heteroatoms. The number of allylic oxidation sites excluding steroid dienone is 6. The van der Waals surface area contributed by atoms with Gasteiger partial charge in [-0.2, -0.15) is 0 Å². The van der Waals surface area contributed by atoms with Gasteiger partial charge in [0.1, 0.15) is 0 Å². The van der Waals surface area contributed by atoms with E-state index in [0.717, 1.165) is 10.7 Å². The zero-order chi connectivity index (χ0) is 9.40. The molecule has 12 heavy (non-hydrogen) atoms. The third-order valence-electron chi connectivity index (χ3n) is 1.29. The molecule has 0 aliphatic rings. The Balaban J connectivity index is 3.93. The summed E-state index contributed by atoms with van der Waals surface area (Å²) >= 11 is 6.77. The van der Waals surface area contributed by atoms with Crippen molar-refractivity contribution in [2.45, 2.75) is 13.8 Å². The topological polar surface area (TPSA) is 0 Å². The van der Waals surface area contributed by atoms with Gasteiger partial charge >= 0.3 is 0 Å². The Bertz CT molecular complexity index is 178. The molecule has 0 aromatic heterocycles. The van der Waals surface area contributed by atoms with Gasteiger partial charge in [-0.3, -0.25) is 0 Å². The number of hydrogen-bond acceptors (Lipinski definition) is 0. The molecule has 68 valence electrons. The Kier molecular flexibility index (Phi) is 7.93. The maximum absolute atomic E-state index is 3.38. The fraction of sp³-hybridized carbons (Fsp3) is 0.400. The number of halogens is 2. The van der Waals surface area contributed by atoms with Crippen LogP contribution in [0.5, 0.6) is 0 Å². The molecule has 0 aromatic carbocycles. The fourth-order valence-electron chi connectivity index (χ4n) is 0.529. The van der Waals surface area contributed by atoms with Gasteiger partial charge in [0.2, 0.25) is 0 Å². The highest BCUT2D eigenvalue weighted by Crippen LogP contribution is 2.00. The number of hydrogen-bond donors (Lipinski definition) is 0. The van der Waals surface area contributed by atoms with E-state index in [1.807, 2.05) is 0 Å². The average molecular weight is 294 g/mol. The predicted molar refractivity (Wildman–Crippen MR) is 64.2 cm³/mol. The van der Waals surface area contributed by atoms with Crippen LogP contribution < -0.4 is 0 Å². The Morgan fingerprint density at radius 2 is 1.25 bits per heavy atom. The molecule has 0 amide bonds. The van der Waals surface area contributed by atoms with Gasteiger partial charge < -0.3 is 0 Å². The van der Waals surface area contributed by atoms with Gasteiger partial charge in [-0.15, -0.1) is 0 Å². The second-order valence-electron chi connectivity index (χ2n) is 2.68. The first-order valence-electron chi connectivity index (χ1n) is 3.82. The molecule has 0 saturated heterocycles. The molecule has 0 spiro atoms. The lowest BCUT2D eigenvalue weighted by Gasteiger charge is -1.88. The van der Waals surface area contributed by atoms with Crippen molar-refractivity contribution in [2.75, 3.05) is 10.7 Å². The zero-order valence-electron chi connectivity index (χ0n) is 7.48. The molecule has 0 aliphatic heterocycles. The van der Waals surface area contributed by atoms with Gasteiger partial charge in [-0.25, -0.2) is 0 Å². The van der Waals surface area contributed by atoms with E-state index in [1.165, 1.54) is 11.1 Å². The highest BCUT2D eigenvalue weighted by atomic mass is 79.9. The Hall–Kier alpha value is 0.180. The van der Waals surface area contributed by atoms with Crippen molar-refractivity contribution < 1.29 is 0 Å². The van der Waals surface area contributed by atoms with Crippen molar-refractivity contribution in [1.82, 2.24) is 0 Å². The van der Waals surface area contributed by atoms with Gasteiger partial charge in [-0.1, -0.05) is 67.3 Å². The summed E-state index contributed by atoms with van der Waals surface area (Å²) in [5, 5.41) is 1.89. The maximum atomic E-state index is 3.38. The zero-order valence-corrected chi connectivity index (χ0v) is 10.7. The summed E-state index contributed by atoms with van der Waals surface area (Å²) < 4.78 is 0. The third kappa shape index (κ3) is 6.86. The van der Waals surface area contributed by atoms with E-state index in [4.69, 9.17) is 0 Å². The van der Waals surface area contributed by atoms with Crippen LogP contribution in [0.2, 0.25) is 0 Å². The summed E-state index contributed by atoms with van der Waals surface area (Å²) in [6, 6.07) is 0. The molecule has 0 atom stereocenters. The average Bonchev–Trinajstić information content (AvgIpc) is 2.11. The molecule has 0 heterocycles. The second kappa shape index (κ2) is 7.81. The van der Waals surface area contributed by atoms with Crippen molar-refractivity contribution in [2.24, 2.45) is 0 Å². The van der Waals surface area contributed by atoms with Crippen LogP contribution in [0.1, 0.15) is 13.8 Å². The molecule has 0 N–H and O–H groups in total. The van der Waals surface area contributed by atoms with Gasteiger partial charge in [0, 0.05) is 10.7 Å². The third-order valence-corrected chi connectivity index (χ3v) is 3.06. The molecule has 0 nitrogen and oxygen atoms in total. The molecule has 0 bridgehead atoms. The first-order chi connectivity index (χ1) is 5.70. The number of alkyl halides is 2. The van der Waals surface area contributed by atoms with Crippen LogP contribution in [0.4, 0.5) is 0 Å². The van der Waals surface area contributed by atoms with Crippen molar-refractivity contribution in [3.8, 4) is 0 Å². The molecule has 0 radical (unpaired) electrons. The lowest BCUT2D eigenvalue weighted by molar-refractivity contribution is 1.41. The minimum absolute atomic E-state index is 0.943. The quantitative estimate of drug-likeness (QED) is 0.538. The lowest BCUT2D eigenvalue weighted by atomic mass is 10.3. The fourth-order valence-corrected chi connectivity index (χ4v) is 0.903. The van der Waals surface area contributed by atoms with Crippen molar-refractivity contribution in [1.29, 1.82) is 0 Å². The number of rotatable bonds is 4. The van der Waals surface area contributed by atoms with Crippen LogP contribution >= 0.6 is 31.9 Å². The summed E-state index contributed by atoms with van der Waals surface area (Å²) in [6.07, 6.45) is 8.32. The van der Waals surface area contributed by atoms with E-state index < -0.39 is 0 Å². The van der Waals surface area contributed by atoms with Crippen molar-refractivity contribution in [3.05, 3.63) is 35.5 Å². The van der Waals surface area contributed by atoms with E-state index >= 15 is 0 Å². The minimum atomic E-state index is 0.943. The summed E-state index contributed by atoms with van der Waals surface area (Å²) in [7, 11) is 0. The van der Waals surface area contributed by atoms with E-state index in [-0.39, 0.29) is 0 Å². The van der Waals surface area contributed by atoms with Gasteiger partial charge in [0.05, 0.1) is 0 Å². The van der Waals surface area contributed by atoms with Gasteiger partial charge in [0.15, 0.2) is 0 Å². The van der Waals surface area contributed by atoms with Crippen LogP contribution in [0.25, 0.3) is 0 Å². The minimum Gasteiger partial charge on any atom is -0.0880 e. The summed E-state index contributed by atoms with van der Waals surface area (Å²) in [5.74, 6) is 0. The molecular formula is C10H14Br2. The maximum Gasteiger partial charge on any atom is 0.0242 e. The summed E-state index contributed by atoms with van der Waals surface area (Å²) in [4.78, 5) is 0. The van der Waals surface area contributed by atoms with Gasteiger partial charge in [0.25, 0.3) is 0 Å². The second-order valence-corrected chi connectivity index (χ2v) is 3.80. The van der Waals surface area contributed by atoms with Crippen LogP contribution in [-0.4, -0.2) is 10.7 Å². The van der Waals surface area contributed by atoms with Crippen molar-refractivity contribution in [3.63, 3.8) is 0 Å². The summed E-state index contributed by atoms with van der Waals surface area (Å²) in [5.41, 5.74) is 2.66. The van der Waals surface area contributed by atoms with Crippen LogP contribution in [0, 0.1) is 0 Å². The van der Waals surface area contributed by atoms with Crippen molar-refractivity contribution >= 4 is 31.9 Å². The molecule has 0 aliphatic carbocycles. The van der Waals surface area contributed by atoms with E-state index in [1.54, 1.807) is 0 Å². The van der Waals surface area contributed by atoms with Crippen LogP contribution in [0.3, 0.4) is 0 Å². The highest BCUT2D eigenvalue weighted by molar-refractivity contribution is 9.09. The Morgan fingerprint density at radius 1 is 0.917 bits per heavy atom. The highest BCUT2D eigenvalue weighted by Gasteiger charge is 1.80. The van der Waals surface area contributed by atoms with E-state index in [2.05, 4.69) is 70.0 Å². The SMILES string of the molecule is CC(=CC=CC=C(C)CBr)CBr. The molecule has 0 aromatic rings. The molecule has 0 saturated carbocycles. The van der Waals surface area contributed by atoms with Crippen LogP contribution in [-0.2, 0) is 0 Å². The lowest BCUT2D eigenvalue weighted by Crippen LogP contribution is -1.73. The van der Waals surface area contributed by atoms with Gasteiger partial charge in [-0.05, 0) is 13.8 Å². The Morgan fingerprint density at radius 3 is 1.50 bits per heavy atom. The first-order valence-corrected chi connectivity index (χ1v) is 6.06. The molecule has 0 unspecified atom stereocenters. The van der Waals surface area contributed by atoms with E-state index in [9.17, 15) is 0 Å². The van der Waals surface area contributed by atoms with E-state index in [0.29, 0.717) is 0 Å².